The number of carbonyl (C=O) groups is 2. The Morgan fingerprint density at radius 1 is 1.55 bits per heavy atom. The number of nitrogens with zero attached hydrogens (tertiary/aromatic N) is 1. The number of rotatable bonds is 3. The summed E-state index contributed by atoms with van der Waals surface area (Å²) in [6, 6.07) is 4.74. The largest absolute Gasteiger partial charge is 0.480 e. The third kappa shape index (κ3) is 2.88. The second-order valence-electron chi connectivity index (χ2n) is 4.12. The molecule has 0 unspecified atom stereocenters. The fraction of sp³-hybridized carbons (Fsp3) is 0.154. The van der Waals surface area contributed by atoms with Crippen molar-refractivity contribution in [1.29, 1.82) is 0 Å². The minimum atomic E-state index is -1.13. The standard InChI is InChI=1S/C13H10FNO3S2/c1-7(12(17)18)15-11(16)10(20-13(15)19)6-8-3-2-4-9(14)5-8/h2-7H,1H3,(H,17,18)/t7-/m1/s1. The van der Waals surface area contributed by atoms with Crippen molar-refractivity contribution in [3.8, 4) is 0 Å². The third-order valence-corrected chi connectivity index (χ3v) is 4.05. The van der Waals surface area contributed by atoms with Crippen LogP contribution in [0, 0.1) is 5.82 Å². The van der Waals surface area contributed by atoms with Gasteiger partial charge in [-0.15, -0.1) is 0 Å². The molecule has 4 nitrogen and oxygen atoms in total. The first-order chi connectivity index (χ1) is 9.40. The maximum Gasteiger partial charge on any atom is 0.326 e. The van der Waals surface area contributed by atoms with Gasteiger partial charge in [0.05, 0.1) is 4.91 Å². The zero-order chi connectivity index (χ0) is 14.9. The minimum absolute atomic E-state index is 0.188. The van der Waals surface area contributed by atoms with E-state index in [-0.39, 0.29) is 9.23 Å². The van der Waals surface area contributed by atoms with Gasteiger partial charge in [-0.05, 0) is 30.7 Å². The number of thioether (sulfide) groups is 1. The van der Waals surface area contributed by atoms with Crippen molar-refractivity contribution < 1.29 is 19.1 Å². The van der Waals surface area contributed by atoms with Crippen LogP contribution in [0.15, 0.2) is 29.2 Å². The molecule has 1 aromatic carbocycles. The van der Waals surface area contributed by atoms with Crippen LogP contribution in [-0.4, -0.2) is 32.2 Å². The molecule has 1 N–H and O–H groups in total. The maximum absolute atomic E-state index is 13.1. The topological polar surface area (TPSA) is 57.6 Å². The van der Waals surface area contributed by atoms with E-state index in [0.717, 1.165) is 16.7 Å². The first-order valence-corrected chi connectivity index (χ1v) is 6.88. The lowest BCUT2D eigenvalue weighted by molar-refractivity contribution is -0.144. The van der Waals surface area contributed by atoms with Gasteiger partial charge in [-0.2, -0.15) is 0 Å². The Labute approximate surface area is 124 Å². The Morgan fingerprint density at radius 2 is 2.25 bits per heavy atom. The summed E-state index contributed by atoms with van der Waals surface area (Å²) < 4.78 is 13.3. The molecule has 0 aliphatic carbocycles. The average molecular weight is 311 g/mol. The Bertz CT molecular complexity index is 630. The van der Waals surface area contributed by atoms with Crippen molar-refractivity contribution in [3.63, 3.8) is 0 Å². The molecule has 0 spiro atoms. The van der Waals surface area contributed by atoms with Crippen LogP contribution in [0.2, 0.25) is 0 Å². The van der Waals surface area contributed by atoms with E-state index >= 15 is 0 Å². The number of halogens is 1. The molecule has 1 heterocycles. The Morgan fingerprint density at radius 3 is 2.85 bits per heavy atom. The van der Waals surface area contributed by atoms with Gasteiger partial charge < -0.3 is 5.11 Å². The molecule has 0 bridgehead atoms. The van der Waals surface area contributed by atoms with Crippen molar-refractivity contribution in [2.75, 3.05) is 0 Å². The molecule has 2 rings (SSSR count). The van der Waals surface area contributed by atoms with Crippen LogP contribution < -0.4 is 0 Å². The van der Waals surface area contributed by atoms with Crippen LogP contribution in [0.4, 0.5) is 4.39 Å². The van der Waals surface area contributed by atoms with Gasteiger partial charge in [-0.25, -0.2) is 9.18 Å². The van der Waals surface area contributed by atoms with Gasteiger partial charge in [0.2, 0.25) is 0 Å². The van der Waals surface area contributed by atoms with Crippen molar-refractivity contribution in [2.24, 2.45) is 0 Å². The zero-order valence-corrected chi connectivity index (χ0v) is 12.0. The first kappa shape index (κ1) is 14.7. The number of benzene rings is 1. The highest BCUT2D eigenvalue weighted by Crippen LogP contribution is 2.33. The fourth-order valence-electron chi connectivity index (χ4n) is 1.67. The van der Waals surface area contributed by atoms with Gasteiger partial charge in [-0.1, -0.05) is 36.1 Å². The van der Waals surface area contributed by atoms with Crippen LogP contribution >= 0.6 is 24.0 Å². The molecule has 1 fully saturated rings. The summed E-state index contributed by atoms with van der Waals surface area (Å²) in [5.74, 6) is -2.01. The lowest BCUT2D eigenvalue weighted by Crippen LogP contribution is -2.41. The van der Waals surface area contributed by atoms with Crippen LogP contribution in [0.3, 0.4) is 0 Å². The van der Waals surface area contributed by atoms with E-state index in [0.29, 0.717) is 5.56 Å². The summed E-state index contributed by atoms with van der Waals surface area (Å²) in [7, 11) is 0. The van der Waals surface area contributed by atoms with Gasteiger partial charge in [0.25, 0.3) is 5.91 Å². The first-order valence-electron chi connectivity index (χ1n) is 5.65. The smallest absolute Gasteiger partial charge is 0.326 e. The lowest BCUT2D eigenvalue weighted by Gasteiger charge is -2.18. The molecule has 0 aromatic heterocycles. The van der Waals surface area contributed by atoms with Crippen molar-refractivity contribution in [3.05, 3.63) is 40.6 Å². The van der Waals surface area contributed by atoms with E-state index in [1.54, 1.807) is 6.07 Å². The highest BCUT2D eigenvalue weighted by Gasteiger charge is 2.38. The van der Waals surface area contributed by atoms with Gasteiger partial charge in [-0.3, -0.25) is 9.69 Å². The summed E-state index contributed by atoms with van der Waals surface area (Å²) in [6.45, 7) is 1.39. The lowest BCUT2D eigenvalue weighted by atomic mass is 10.2. The fourth-order valence-corrected chi connectivity index (χ4v) is 3.09. The van der Waals surface area contributed by atoms with E-state index < -0.39 is 23.7 Å². The Hall–Kier alpha value is -1.73. The molecule has 7 heteroatoms. The van der Waals surface area contributed by atoms with E-state index in [1.165, 1.54) is 31.2 Å². The third-order valence-electron chi connectivity index (χ3n) is 2.71. The van der Waals surface area contributed by atoms with Gasteiger partial charge in [0.15, 0.2) is 0 Å². The van der Waals surface area contributed by atoms with Crippen LogP contribution in [0.5, 0.6) is 0 Å². The number of hydrogen-bond acceptors (Lipinski definition) is 4. The van der Waals surface area contributed by atoms with Crippen molar-refractivity contribution in [1.82, 2.24) is 4.90 Å². The number of carboxylic acid groups (broad SMARTS) is 1. The molecule has 1 saturated heterocycles. The molecule has 1 aliphatic rings. The average Bonchev–Trinajstić information content (AvgIpc) is 2.63. The van der Waals surface area contributed by atoms with E-state index in [2.05, 4.69) is 0 Å². The molecule has 104 valence electrons. The SMILES string of the molecule is C[C@H](C(=O)O)N1C(=O)C(=Cc2cccc(F)c2)SC1=S. The predicted octanol–water partition coefficient (Wildman–Crippen LogP) is 2.50. The Kier molecular flexibility index (Phi) is 4.20. The van der Waals surface area contributed by atoms with E-state index in [4.69, 9.17) is 17.3 Å². The second kappa shape index (κ2) is 5.72. The summed E-state index contributed by atoms with van der Waals surface area (Å²) in [6.07, 6.45) is 1.50. The molecule has 1 aliphatic heterocycles. The van der Waals surface area contributed by atoms with E-state index in [1.807, 2.05) is 0 Å². The number of amides is 1. The monoisotopic (exact) mass is 311 g/mol. The number of carbonyl (C=O) groups excluding carboxylic acids is 1. The molecule has 1 amide bonds. The van der Waals surface area contributed by atoms with Crippen LogP contribution in [-0.2, 0) is 9.59 Å². The number of aliphatic carboxylic acids is 1. The molecule has 20 heavy (non-hydrogen) atoms. The summed E-state index contributed by atoms with van der Waals surface area (Å²) in [4.78, 5) is 24.4. The van der Waals surface area contributed by atoms with Crippen molar-refractivity contribution >= 4 is 46.3 Å². The molecular weight excluding hydrogens is 301 g/mol. The Balaban J connectivity index is 2.30. The molecule has 0 radical (unpaired) electrons. The molecule has 1 aromatic rings. The molecule has 1 atom stereocenters. The highest BCUT2D eigenvalue weighted by atomic mass is 32.2. The summed E-state index contributed by atoms with van der Waals surface area (Å²) >= 11 is 6.03. The normalized spacial score (nSPS) is 18.7. The van der Waals surface area contributed by atoms with Gasteiger partial charge >= 0.3 is 5.97 Å². The maximum atomic E-state index is 13.1. The number of hydrogen-bond donors (Lipinski definition) is 1. The van der Waals surface area contributed by atoms with Crippen molar-refractivity contribution in [2.45, 2.75) is 13.0 Å². The van der Waals surface area contributed by atoms with Gasteiger partial charge in [0.1, 0.15) is 16.2 Å². The van der Waals surface area contributed by atoms with Crippen LogP contribution in [0.25, 0.3) is 6.08 Å². The molecule has 0 saturated carbocycles. The molecular formula is C13H10FNO3S2. The van der Waals surface area contributed by atoms with Gasteiger partial charge in [0, 0.05) is 0 Å². The summed E-state index contributed by atoms with van der Waals surface area (Å²) in [5, 5.41) is 8.96. The highest BCUT2D eigenvalue weighted by molar-refractivity contribution is 8.26. The number of carboxylic acids is 1. The summed E-state index contributed by atoms with van der Waals surface area (Å²) in [5.41, 5.74) is 0.522. The minimum Gasteiger partial charge on any atom is -0.480 e. The number of thiocarbonyl (C=S) groups is 1. The van der Waals surface area contributed by atoms with Crippen LogP contribution in [0.1, 0.15) is 12.5 Å². The predicted molar refractivity (Wildman–Crippen MR) is 78.5 cm³/mol. The van der Waals surface area contributed by atoms with E-state index in [9.17, 15) is 14.0 Å². The quantitative estimate of drug-likeness (QED) is 0.686. The zero-order valence-electron chi connectivity index (χ0n) is 10.4. The second-order valence-corrected chi connectivity index (χ2v) is 5.80.